The molecule has 2 amide bonds. The van der Waals surface area contributed by atoms with Crippen LogP contribution >= 0.6 is 11.6 Å². The second kappa shape index (κ2) is 10.1. The third-order valence-corrected chi connectivity index (χ3v) is 6.07. The number of benzene rings is 1. The number of carbonyl (C=O) groups is 3. The summed E-state index contributed by atoms with van der Waals surface area (Å²) in [5, 5.41) is 10.7. The summed E-state index contributed by atoms with van der Waals surface area (Å²) in [4.78, 5) is 43.0. The van der Waals surface area contributed by atoms with E-state index >= 15 is 0 Å². The molecule has 0 bridgehead atoms. The highest BCUT2D eigenvalue weighted by molar-refractivity contribution is 6.30. The zero-order chi connectivity index (χ0) is 26.9. The zero-order valence-corrected chi connectivity index (χ0v) is 22.3. The zero-order valence-electron chi connectivity index (χ0n) is 21.6. The van der Waals surface area contributed by atoms with E-state index in [1.54, 1.807) is 70.8 Å². The summed E-state index contributed by atoms with van der Waals surface area (Å²) in [7, 11) is 0. The van der Waals surface area contributed by atoms with Crippen LogP contribution in [0.15, 0.2) is 36.8 Å². The van der Waals surface area contributed by atoms with Crippen molar-refractivity contribution in [2.45, 2.75) is 77.4 Å². The van der Waals surface area contributed by atoms with Crippen LogP contribution in [0.3, 0.4) is 0 Å². The molecule has 10 heteroatoms. The molecule has 0 aliphatic heterocycles. The maximum atomic E-state index is 12.7. The van der Waals surface area contributed by atoms with E-state index in [4.69, 9.17) is 21.1 Å². The fraction of sp³-hybridized carbons (Fsp3) is 0.538. The van der Waals surface area contributed by atoms with Gasteiger partial charge in [-0.05, 0) is 91.0 Å². The molecule has 1 fully saturated rings. The third kappa shape index (κ3) is 6.57. The Morgan fingerprint density at radius 3 is 2.14 bits per heavy atom. The summed E-state index contributed by atoms with van der Waals surface area (Å²) < 4.78 is 12.5. The average Bonchev–Trinajstić information content (AvgIpc) is 3.25. The molecule has 3 rings (SSSR count). The lowest BCUT2D eigenvalue weighted by Crippen LogP contribution is -2.44. The second-order valence-electron chi connectivity index (χ2n) is 11.1. The Labute approximate surface area is 216 Å². The molecule has 1 heterocycles. The van der Waals surface area contributed by atoms with Crippen LogP contribution in [0.5, 0.6) is 0 Å². The fourth-order valence-electron chi connectivity index (χ4n) is 4.06. The number of nitrogens with zero attached hydrogens (tertiary/aromatic N) is 3. The van der Waals surface area contributed by atoms with Gasteiger partial charge in [0.05, 0.1) is 12.0 Å². The number of imide groups is 1. The Hall–Kier alpha value is -3.07. The molecule has 0 saturated heterocycles. The van der Waals surface area contributed by atoms with Gasteiger partial charge in [0.15, 0.2) is 0 Å². The number of ether oxygens (including phenoxy) is 2. The summed E-state index contributed by atoms with van der Waals surface area (Å²) >= 11 is 5.96. The van der Waals surface area contributed by atoms with Crippen molar-refractivity contribution >= 4 is 29.8 Å². The Bertz CT molecular complexity index is 1090. The van der Waals surface area contributed by atoms with Gasteiger partial charge >= 0.3 is 18.2 Å². The molecule has 9 nitrogen and oxygen atoms in total. The SMILES string of the molecule is CC(C)(C)OC(=O)N(CCC[C@H]1C[C@]1(C(=O)O)c1cn(-c2ccc(Cl)cc2)cn1)C(=O)OC(C)(C)C. The molecule has 1 aromatic heterocycles. The molecule has 0 unspecified atom stereocenters. The molecular formula is C26H34ClN3O6. The third-order valence-electron chi connectivity index (χ3n) is 5.81. The van der Waals surface area contributed by atoms with Crippen LogP contribution in [0.4, 0.5) is 9.59 Å². The lowest BCUT2D eigenvalue weighted by atomic mass is 9.97. The summed E-state index contributed by atoms with van der Waals surface area (Å²) in [6.45, 7) is 10.3. The Balaban J connectivity index is 1.69. The van der Waals surface area contributed by atoms with Gasteiger partial charge < -0.3 is 19.1 Å². The highest BCUT2D eigenvalue weighted by Gasteiger charge is 2.62. The van der Waals surface area contributed by atoms with Gasteiger partial charge in [-0.3, -0.25) is 4.79 Å². The largest absolute Gasteiger partial charge is 0.481 e. The second-order valence-corrected chi connectivity index (χ2v) is 11.5. The van der Waals surface area contributed by atoms with Crippen LogP contribution in [0.1, 0.15) is 66.5 Å². The van der Waals surface area contributed by atoms with Gasteiger partial charge in [0, 0.05) is 23.5 Å². The molecule has 2 aromatic rings. The predicted octanol–water partition coefficient (Wildman–Crippen LogP) is 5.82. The van der Waals surface area contributed by atoms with Crippen molar-refractivity contribution in [2.75, 3.05) is 6.54 Å². The number of hydrogen-bond acceptors (Lipinski definition) is 6. The van der Waals surface area contributed by atoms with Crippen molar-refractivity contribution in [1.29, 1.82) is 0 Å². The standard InChI is InChI=1S/C26H34ClN3O6/c1-24(2,3)35-22(33)30(23(34)36-25(4,5)6)13-7-8-17-14-26(17,21(31)32)20-15-29(16-28-20)19-11-9-18(27)10-12-19/h9-12,15-17H,7-8,13-14H2,1-6H3,(H,31,32)/t17-,26+/m0/s1. The van der Waals surface area contributed by atoms with Gasteiger partial charge in [-0.2, -0.15) is 0 Å². The van der Waals surface area contributed by atoms with Gasteiger partial charge in [-0.15, -0.1) is 0 Å². The first kappa shape index (κ1) is 27.5. The topological polar surface area (TPSA) is 111 Å². The van der Waals surface area contributed by atoms with Gasteiger partial charge in [-0.1, -0.05) is 11.6 Å². The number of imidazole rings is 1. The highest BCUT2D eigenvalue weighted by atomic mass is 35.5. The number of amides is 2. The molecule has 196 valence electrons. The monoisotopic (exact) mass is 519 g/mol. The lowest BCUT2D eigenvalue weighted by Gasteiger charge is -2.28. The van der Waals surface area contributed by atoms with E-state index in [0.29, 0.717) is 30.0 Å². The number of aliphatic carboxylic acids is 1. The minimum atomic E-state index is -1.10. The number of carbonyl (C=O) groups excluding carboxylic acids is 2. The summed E-state index contributed by atoms with van der Waals surface area (Å²) in [6.07, 6.45) is 3.05. The predicted molar refractivity (Wildman–Crippen MR) is 134 cm³/mol. The smallest absolute Gasteiger partial charge is 0.419 e. The van der Waals surface area contributed by atoms with E-state index in [9.17, 15) is 19.5 Å². The molecule has 36 heavy (non-hydrogen) atoms. The highest BCUT2D eigenvalue weighted by Crippen LogP contribution is 2.56. The van der Waals surface area contributed by atoms with Crippen molar-refractivity contribution in [2.24, 2.45) is 5.92 Å². The Morgan fingerprint density at radius 1 is 1.08 bits per heavy atom. The van der Waals surface area contributed by atoms with Crippen LogP contribution in [0.2, 0.25) is 5.02 Å². The first-order valence-corrected chi connectivity index (χ1v) is 12.3. The molecular weight excluding hydrogens is 486 g/mol. The van der Waals surface area contributed by atoms with Crippen LogP contribution in [-0.2, 0) is 19.7 Å². The number of rotatable bonds is 7. The minimum Gasteiger partial charge on any atom is -0.481 e. The fourth-order valence-corrected chi connectivity index (χ4v) is 4.18. The number of halogens is 1. The molecule has 1 aliphatic rings. The summed E-state index contributed by atoms with van der Waals surface area (Å²) in [5.74, 6) is -1.12. The van der Waals surface area contributed by atoms with Gasteiger partial charge in [0.1, 0.15) is 16.6 Å². The quantitative estimate of drug-likeness (QED) is 0.490. The van der Waals surface area contributed by atoms with Gasteiger partial charge in [-0.25, -0.2) is 19.5 Å². The van der Waals surface area contributed by atoms with Crippen molar-refractivity contribution < 1.29 is 29.0 Å². The molecule has 0 spiro atoms. The lowest BCUT2D eigenvalue weighted by molar-refractivity contribution is -0.140. The first-order valence-electron chi connectivity index (χ1n) is 11.9. The van der Waals surface area contributed by atoms with Gasteiger partial charge in [0.25, 0.3) is 0 Å². The molecule has 1 N–H and O–H groups in total. The maximum absolute atomic E-state index is 12.7. The van der Waals surface area contributed by atoms with E-state index in [1.807, 2.05) is 12.1 Å². The minimum absolute atomic E-state index is 0.0508. The number of aromatic nitrogens is 2. The summed E-state index contributed by atoms with van der Waals surface area (Å²) in [5.41, 5.74) is -1.36. The van der Waals surface area contributed by atoms with Crippen molar-refractivity contribution in [1.82, 2.24) is 14.5 Å². The van der Waals surface area contributed by atoms with E-state index < -0.39 is 34.8 Å². The first-order chi connectivity index (χ1) is 16.6. The normalized spacial score (nSPS) is 19.5. The van der Waals surface area contributed by atoms with E-state index in [-0.39, 0.29) is 12.5 Å². The Morgan fingerprint density at radius 2 is 1.64 bits per heavy atom. The molecule has 1 saturated carbocycles. The van der Waals surface area contributed by atoms with E-state index in [0.717, 1.165) is 10.6 Å². The summed E-state index contributed by atoms with van der Waals surface area (Å²) in [6, 6.07) is 7.16. The maximum Gasteiger partial charge on any atom is 0.419 e. The van der Waals surface area contributed by atoms with Gasteiger partial charge in [0.2, 0.25) is 0 Å². The average molecular weight is 520 g/mol. The number of hydrogen-bond donors (Lipinski definition) is 1. The Kier molecular flexibility index (Phi) is 7.74. The van der Waals surface area contributed by atoms with Crippen LogP contribution in [-0.4, -0.2) is 55.5 Å². The molecule has 1 aromatic carbocycles. The van der Waals surface area contributed by atoms with Crippen LogP contribution in [0, 0.1) is 5.92 Å². The van der Waals surface area contributed by atoms with Crippen molar-refractivity contribution in [3.05, 3.63) is 47.5 Å². The molecule has 0 radical (unpaired) electrons. The molecule has 2 atom stereocenters. The number of carboxylic acid groups (broad SMARTS) is 1. The molecule has 1 aliphatic carbocycles. The number of carboxylic acids is 1. The van der Waals surface area contributed by atoms with E-state index in [1.165, 1.54) is 0 Å². The van der Waals surface area contributed by atoms with Crippen molar-refractivity contribution in [3.8, 4) is 5.69 Å². The van der Waals surface area contributed by atoms with Crippen LogP contribution in [0.25, 0.3) is 5.69 Å². The van der Waals surface area contributed by atoms with Crippen molar-refractivity contribution in [3.63, 3.8) is 0 Å². The van der Waals surface area contributed by atoms with E-state index in [2.05, 4.69) is 4.98 Å². The van der Waals surface area contributed by atoms with Crippen LogP contribution < -0.4 is 0 Å².